The highest BCUT2D eigenvalue weighted by Gasteiger charge is 2.15. The zero-order valence-electron chi connectivity index (χ0n) is 13.7. The third kappa shape index (κ3) is 3.63. The van der Waals surface area contributed by atoms with Gasteiger partial charge in [-0.05, 0) is 48.7 Å². The molecule has 3 rings (SSSR count). The Morgan fingerprint density at radius 1 is 1.42 bits per heavy atom. The molecule has 1 atom stereocenters. The van der Waals surface area contributed by atoms with Gasteiger partial charge in [0.1, 0.15) is 5.69 Å². The lowest BCUT2D eigenvalue weighted by Crippen LogP contribution is -2.32. The number of aryl methyl sites for hydroxylation is 2. The molecule has 1 unspecified atom stereocenters. The highest BCUT2D eigenvalue weighted by atomic mass is 32.1. The monoisotopic (exact) mass is 344 g/mol. The second kappa shape index (κ2) is 7.11. The summed E-state index contributed by atoms with van der Waals surface area (Å²) in [5, 5.41) is 20.8. The van der Waals surface area contributed by atoms with Crippen LogP contribution >= 0.6 is 11.3 Å². The number of rotatable bonds is 6. The van der Waals surface area contributed by atoms with Crippen molar-refractivity contribution < 1.29 is 9.90 Å². The zero-order valence-corrected chi connectivity index (χ0v) is 14.5. The van der Waals surface area contributed by atoms with Gasteiger partial charge in [0.25, 0.3) is 5.91 Å². The van der Waals surface area contributed by atoms with E-state index in [2.05, 4.69) is 20.8 Å². The predicted molar refractivity (Wildman–Crippen MR) is 93.4 cm³/mol. The molecule has 0 aromatic carbocycles. The van der Waals surface area contributed by atoms with Gasteiger partial charge in [-0.3, -0.25) is 4.79 Å². The maximum absolute atomic E-state index is 12.4. The summed E-state index contributed by atoms with van der Waals surface area (Å²) in [7, 11) is 0. The third-order valence-corrected chi connectivity index (χ3v) is 4.61. The van der Waals surface area contributed by atoms with Crippen LogP contribution in [-0.4, -0.2) is 38.8 Å². The molecule has 0 aliphatic rings. The summed E-state index contributed by atoms with van der Waals surface area (Å²) in [5.74, 6) is -0.242. The molecule has 3 aromatic rings. The average Bonchev–Trinajstić information content (AvgIpc) is 3.19. The summed E-state index contributed by atoms with van der Waals surface area (Å²) >= 11 is 1.63. The van der Waals surface area contributed by atoms with E-state index in [0.717, 1.165) is 17.8 Å². The van der Waals surface area contributed by atoms with Crippen molar-refractivity contribution in [2.24, 2.45) is 5.92 Å². The Labute approximate surface area is 144 Å². The summed E-state index contributed by atoms with van der Waals surface area (Å²) in [5.41, 5.74) is 3.93. The van der Waals surface area contributed by atoms with Crippen molar-refractivity contribution in [3.05, 3.63) is 51.6 Å². The van der Waals surface area contributed by atoms with Gasteiger partial charge in [0, 0.05) is 30.8 Å². The number of fused-ring (bicyclic) bond motifs is 1. The molecule has 126 valence electrons. The largest absolute Gasteiger partial charge is 0.396 e. The summed E-state index contributed by atoms with van der Waals surface area (Å²) in [4.78, 5) is 16.8. The van der Waals surface area contributed by atoms with Gasteiger partial charge in [-0.15, -0.1) is 0 Å². The lowest BCUT2D eigenvalue weighted by molar-refractivity contribution is 0.0935. The van der Waals surface area contributed by atoms with E-state index >= 15 is 0 Å². The van der Waals surface area contributed by atoms with Crippen molar-refractivity contribution in [1.82, 2.24) is 19.9 Å². The number of nitrogens with zero attached hydrogens (tertiary/aromatic N) is 3. The normalized spacial score (nSPS) is 12.5. The average molecular weight is 344 g/mol. The summed E-state index contributed by atoms with van der Waals surface area (Å²) < 4.78 is 1.72. The van der Waals surface area contributed by atoms with Gasteiger partial charge >= 0.3 is 0 Å². The van der Waals surface area contributed by atoms with E-state index in [1.807, 2.05) is 31.4 Å². The molecule has 3 aromatic heterocycles. The first-order chi connectivity index (χ1) is 11.6. The van der Waals surface area contributed by atoms with Crippen molar-refractivity contribution >= 4 is 22.9 Å². The molecule has 0 saturated heterocycles. The second-order valence-corrected chi connectivity index (χ2v) is 6.71. The Morgan fingerprint density at radius 2 is 2.25 bits per heavy atom. The molecule has 7 heteroatoms. The first-order valence-electron chi connectivity index (χ1n) is 7.81. The molecular formula is C17H20N4O2S. The van der Waals surface area contributed by atoms with E-state index < -0.39 is 0 Å². The SMILES string of the molecule is Cc1cc2nc(C(=O)NCC(CO)Cc3ccsc3)cc(C)n2n1. The fourth-order valence-electron chi connectivity index (χ4n) is 2.63. The van der Waals surface area contributed by atoms with Crippen molar-refractivity contribution in [2.45, 2.75) is 20.3 Å². The van der Waals surface area contributed by atoms with Crippen molar-refractivity contribution in [3.63, 3.8) is 0 Å². The number of carbonyl (C=O) groups is 1. The zero-order chi connectivity index (χ0) is 17.1. The van der Waals surface area contributed by atoms with Gasteiger partial charge in [-0.25, -0.2) is 9.50 Å². The molecule has 0 aliphatic heterocycles. The number of nitrogens with one attached hydrogen (secondary N) is 1. The number of hydrogen-bond donors (Lipinski definition) is 2. The van der Waals surface area contributed by atoms with E-state index in [0.29, 0.717) is 17.9 Å². The Bertz CT molecular complexity index is 842. The molecule has 0 fully saturated rings. The van der Waals surface area contributed by atoms with Crippen molar-refractivity contribution in [1.29, 1.82) is 0 Å². The molecule has 1 amide bonds. The minimum absolute atomic E-state index is 0.00871. The smallest absolute Gasteiger partial charge is 0.270 e. The van der Waals surface area contributed by atoms with Crippen molar-refractivity contribution in [3.8, 4) is 0 Å². The van der Waals surface area contributed by atoms with E-state index in [1.165, 1.54) is 5.56 Å². The molecular weight excluding hydrogens is 324 g/mol. The molecule has 0 aliphatic carbocycles. The van der Waals surface area contributed by atoms with Crippen LogP contribution in [-0.2, 0) is 6.42 Å². The third-order valence-electron chi connectivity index (χ3n) is 3.87. The maximum atomic E-state index is 12.4. The van der Waals surface area contributed by atoms with Gasteiger partial charge in [-0.2, -0.15) is 16.4 Å². The van der Waals surface area contributed by atoms with Crippen molar-refractivity contribution in [2.75, 3.05) is 13.2 Å². The first-order valence-corrected chi connectivity index (χ1v) is 8.75. The van der Waals surface area contributed by atoms with Crippen LogP contribution in [0.15, 0.2) is 29.0 Å². The van der Waals surface area contributed by atoms with Crippen LogP contribution in [0.4, 0.5) is 0 Å². The predicted octanol–water partition coefficient (Wildman–Crippen LogP) is 1.99. The molecule has 2 N–H and O–H groups in total. The molecule has 0 bridgehead atoms. The number of hydrogen-bond acceptors (Lipinski definition) is 5. The van der Waals surface area contributed by atoms with Crippen LogP contribution in [0.1, 0.15) is 27.4 Å². The lowest BCUT2D eigenvalue weighted by atomic mass is 10.0. The quantitative estimate of drug-likeness (QED) is 0.717. The summed E-state index contributed by atoms with van der Waals surface area (Å²) in [6.07, 6.45) is 0.744. The Hall–Kier alpha value is -2.25. The van der Waals surface area contributed by atoms with Gasteiger partial charge in [0.2, 0.25) is 0 Å². The Kier molecular flexibility index (Phi) is 4.92. The number of thiophene rings is 1. The molecule has 24 heavy (non-hydrogen) atoms. The van der Waals surface area contributed by atoms with Gasteiger partial charge in [-0.1, -0.05) is 0 Å². The van der Waals surface area contributed by atoms with Crippen LogP contribution < -0.4 is 5.32 Å². The van der Waals surface area contributed by atoms with Gasteiger partial charge < -0.3 is 10.4 Å². The van der Waals surface area contributed by atoms with E-state index in [1.54, 1.807) is 21.9 Å². The van der Waals surface area contributed by atoms with Gasteiger partial charge in [0.05, 0.1) is 5.69 Å². The first kappa shape index (κ1) is 16.6. The molecule has 0 radical (unpaired) electrons. The highest BCUT2D eigenvalue weighted by Crippen LogP contribution is 2.12. The minimum Gasteiger partial charge on any atom is -0.396 e. The lowest BCUT2D eigenvalue weighted by Gasteiger charge is -2.14. The van der Waals surface area contributed by atoms with Crippen LogP contribution in [0.5, 0.6) is 0 Å². The number of aromatic nitrogens is 3. The van der Waals surface area contributed by atoms with E-state index in [9.17, 15) is 9.90 Å². The molecule has 6 nitrogen and oxygen atoms in total. The fourth-order valence-corrected chi connectivity index (χ4v) is 3.31. The number of carbonyl (C=O) groups excluding carboxylic acids is 1. The number of aliphatic hydroxyl groups is 1. The maximum Gasteiger partial charge on any atom is 0.270 e. The van der Waals surface area contributed by atoms with Crippen LogP contribution in [0.2, 0.25) is 0 Å². The second-order valence-electron chi connectivity index (χ2n) is 5.93. The Morgan fingerprint density at radius 3 is 2.96 bits per heavy atom. The number of aliphatic hydroxyl groups excluding tert-OH is 1. The highest BCUT2D eigenvalue weighted by molar-refractivity contribution is 7.07. The fraction of sp³-hybridized carbons (Fsp3) is 0.353. The topological polar surface area (TPSA) is 79.5 Å². The molecule has 0 spiro atoms. The van der Waals surface area contributed by atoms with Crippen LogP contribution in [0.3, 0.4) is 0 Å². The van der Waals surface area contributed by atoms with Gasteiger partial charge in [0.15, 0.2) is 5.65 Å². The van der Waals surface area contributed by atoms with E-state index in [-0.39, 0.29) is 18.4 Å². The Balaban J connectivity index is 1.67. The van der Waals surface area contributed by atoms with Crippen LogP contribution in [0.25, 0.3) is 5.65 Å². The minimum atomic E-state index is -0.233. The summed E-state index contributed by atoms with van der Waals surface area (Å²) in [6, 6.07) is 5.61. The standard InChI is InChI=1S/C17H20N4O2S/c1-11-5-16-19-15(6-12(2)21(16)20-11)17(23)18-8-14(9-22)7-13-3-4-24-10-13/h3-6,10,14,22H,7-9H2,1-2H3,(H,18,23). The summed E-state index contributed by atoms with van der Waals surface area (Å²) in [6.45, 7) is 4.23. The molecule has 3 heterocycles. The van der Waals surface area contributed by atoms with E-state index in [4.69, 9.17) is 0 Å². The molecule has 0 saturated carbocycles. The number of amides is 1. The van der Waals surface area contributed by atoms with Crippen LogP contribution in [0, 0.1) is 19.8 Å².